The van der Waals surface area contributed by atoms with Gasteiger partial charge in [-0.3, -0.25) is 19.3 Å². The molecule has 1 fully saturated rings. The highest BCUT2D eigenvalue weighted by Crippen LogP contribution is 2.27. The number of hydrogen-bond donors (Lipinski definition) is 1. The van der Waals surface area contributed by atoms with Crippen molar-refractivity contribution in [1.82, 2.24) is 9.80 Å². The molecule has 0 spiro atoms. The van der Waals surface area contributed by atoms with E-state index in [0.29, 0.717) is 38.7 Å². The third-order valence-electron chi connectivity index (χ3n) is 5.51. The van der Waals surface area contributed by atoms with E-state index in [1.54, 1.807) is 11.8 Å². The summed E-state index contributed by atoms with van der Waals surface area (Å²) in [4.78, 5) is 40.9. The van der Waals surface area contributed by atoms with Crippen molar-refractivity contribution in [2.24, 2.45) is 0 Å². The fourth-order valence-electron chi connectivity index (χ4n) is 3.69. The molecule has 1 N–H and O–H groups in total. The van der Waals surface area contributed by atoms with Crippen molar-refractivity contribution >= 4 is 23.5 Å². The normalized spacial score (nSPS) is 13.2. The number of carbonyl (C=O) groups excluding carboxylic acids is 3. The zero-order valence-corrected chi connectivity index (χ0v) is 19.4. The van der Waals surface area contributed by atoms with Gasteiger partial charge in [0.25, 0.3) is 0 Å². The van der Waals surface area contributed by atoms with Gasteiger partial charge in [-0.25, -0.2) is 0 Å². The molecular weight excluding hydrogens is 394 g/mol. The Labute approximate surface area is 186 Å². The Morgan fingerprint density at radius 1 is 1.03 bits per heavy atom. The van der Waals surface area contributed by atoms with Crippen LogP contribution in [0.2, 0.25) is 0 Å². The van der Waals surface area contributed by atoms with Crippen molar-refractivity contribution in [1.29, 1.82) is 0 Å². The maximum Gasteiger partial charge on any atom is 0.307 e. The smallest absolute Gasteiger partial charge is 0.307 e. The van der Waals surface area contributed by atoms with E-state index < -0.39 is 0 Å². The van der Waals surface area contributed by atoms with Crippen LogP contribution in [-0.4, -0.2) is 66.4 Å². The first-order valence-corrected chi connectivity index (χ1v) is 11.4. The number of benzene rings is 1. The van der Waals surface area contributed by atoms with Crippen molar-refractivity contribution in [3.63, 3.8) is 0 Å². The van der Waals surface area contributed by atoms with Crippen molar-refractivity contribution in [3.8, 4) is 0 Å². The van der Waals surface area contributed by atoms with E-state index in [-0.39, 0.29) is 30.7 Å². The van der Waals surface area contributed by atoms with E-state index >= 15 is 0 Å². The number of aryl methyl sites for hydroxylation is 2. The van der Waals surface area contributed by atoms with E-state index in [1.165, 1.54) is 0 Å². The zero-order valence-electron chi connectivity index (χ0n) is 19.4. The van der Waals surface area contributed by atoms with Gasteiger partial charge in [0.05, 0.1) is 19.6 Å². The Kier molecular flexibility index (Phi) is 9.98. The molecule has 2 amide bonds. The molecule has 1 saturated carbocycles. The molecule has 172 valence electrons. The lowest BCUT2D eigenvalue weighted by atomic mass is 10.1. The van der Waals surface area contributed by atoms with Crippen molar-refractivity contribution in [2.75, 3.05) is 38.1 Å². The molecule has 2 rings (SSSR count). The largest absolute Gasteiger partial charge is 0.466 e. The topological polar surface area (TPSA) is 79.0 Å². The summed E-state index contributed by atoms with van der Waals surface area (Å²) in [6, 6.07) is 6.32. The van der Waals surface area contributed by atoms with E-state index in [0.717, 1.165) is 36.1 Å². The molecule has 0 bridgehead atoms. The second kappa shape index (κ2) is 12.4. The van der Waals surface area contributed by atoms with Gasteiger partial charge < -0.3 is 15.0 Å². The second-order valence-electron chi connectivity index (χ2n) is 8.20. The number of ether oxygens (including phenoxy) is 1. The van der Waals surface area contributed by atoms with Gasteiger partial charge in [-0.2, -0.15) is 0 Å². The van der Waals surface area contributed by atoms with Crippen LogP contribution < -0.4 is 5.32 Å². The first kappa shape index (κ1) is 24.9. The number of esters is 1. The van der Waals surface area contributed by atoms with Crippen LogP contribution in [0.25, 0.3) is 0 Å². The summed E-state index contributed by atoms with van der Waals surface area (Å²) in [6.07, 6.45) is 3.51. The van der Waals surface area contributed by atoms with Gasteiger partial charge in [0.1, 0.15) is 0 Å². The van der Waals surface area contributed by atoms with Crippen LogP contribution >= 0.6 is 0 Å². The number of rotatable bonds is 13. The molecule has 0 aliphatic heterocycles. The zero-order chi connectivity index (χ0) is 22.8. The molecule has 1 aromatic rings. The maximum atomic E-state index is 12.8. The minimum Gasteiger partial charge on any atom is -0.466 e. The molecule has 7 heteroatoms. The van der Waals surface area contributed by atoms with Crippen LogP contribution in [0, 0.1) is 13.8 Å². The molecule has 1 aliphatic rings. The predicted molar refractivity (Wildman–Crippen MR) is 122 cm³/mol. The molecule has 0 saturated heterocycles. The Balaban J connectivity index is 1.88. The first-order valence-electron chi connectivity index (χ1n) is 11.4. The average Bonchev–Trinajstić information content (AvgIpc) is 3.56. The van der Waals surface area contributed by atoms with Crippen LogP contribution in [0.1, 0.15) is 57.1 Å². The Morgan fingerprint density at radius 3 is 2.29 bits per heavy atom. The van der Waals surface area contributed by atoms with Crippen LogP contribution in [0.4, 0.5) is 5.69 Å². The van der Waals surface area contributed by atoms with Gasteiger partial charge in [-0.05, 0) is 51.2 Å². The van der Waals surface area contributed by atoms with Crippen LogP contribution in [0.15, 0.2) is 18.2 Å². The molecule has 0 radical (unpaired) electrons. The summed E-state index contributed by atoms with van der Waals surface area (Å²) < 4.78 is 4.97. The van der Waals surface area contributed by atoms with Crippen molar-refractivity contribution < 1.29 is 19.1 Å². The summed E-state index contributed by atoms with van der Waals surface area (Å²) >= 11 is 0. The van der Waals surface area contributed by atoms with Crippen LogP contribution in [-0.2, 0) is 19.1 Å². The lowest BCUT2D eigenvalue weighted by molar-refractivity contribution is -0.144. The number of carbonyl (C=O) groups is 3. The monoisotopic (exact) mass is 431 g/mol. The molecule has 1 aromatic carbocycles. The molecule has 7 nitrogen and oxygen atoms in total. The van der Waals surface area contributed by atoms with Gasteiger partial charge in [-0.15, -0.1) is 0 Å². The number of nitrogens with zero attached hydrogens (tertiary/aromatic N) is 2. The summed E-state index contributed by atoms with van der Waals surface area (Å²) in [5.41, 5.74) is 2.95. The van der Waals surface area contributed by atoms with Gasteiger partial charge in [0.15, 0.2) is 0 Å². The maximum absolute atomic E-state index is 12.8. The third kappa shape index (κ3) is 8.32. The van der Waals surface area contributed by atoms with E-state index in [9.17, 15) is 14.4 Å². The highest BCUT2D eigenvalue weighted by molar-refractivity contribution is 5.93. The van der Waals surface area contributed by atoms with Gasteiger partial charge in [0, 0.05) is 37.8 Å². The van der Waals surface area contributed by atoms with E-state index in [4.69, 9.17) is 4.74 Å². The lowest BCUT2D eigenvalue weighted by Crippen LogP contribution is -2.40. The summed E-state index contributed by atoms with van der Waals surface area (Å²) in [6.45, 7) is 9.93. The number of anilines is 1. The summed E-state index contributed by atoms with van der Waals surface area (Å²) in [5, 5.41) is 3.04. The highest BCUT2D eigenvalue weighted by atomic mass is 16.5. The predicted octanol–water partition coefficient (Wildman–Crippen LogP) is 3.29. The Morgan fingerprint density at radius 2 is 1.71 bits per heavy atom. The first-order chi connectivity index (χ1) is 14.8. The van der Waals surface area contributed by atoms with Gasteiger partial charge in [0.2, 0.25) is 11.8 Å². The fourth-order valence-corrected chi connectivity index (χ4v) is 3.69. The number of hydrogen-bond acceptors (Lipinski definition) is 5. The minimum absolute atomic E-state index is 0.0203. The van der Waals surface area contributed by atoms with Crippen molar-refractivity contribution in [3.05, 3.63) is 29.3 Å². The standard InChI is InChI=1S/C24H37N3O4/c1-5-14-26(16-13-23(30)31-6-2)22(29)12-15-27(20-10-11-20)17-21(28)25-24-18(3)8-7-9-19(24)4/h7-9,20H,5-6,10-17H2,1-4H3,(H,25,28). The Bertz CT molecular complexity index is 741. The van der Waals surface area contributed by atoms with Gasteiger partial charge in [-0.1, -0.05) is 25.1 Å². The van der Waals surface area contributed by atoms with E-state index in [1.807, 2.05) is 39.0 Å². The number of para-hydroxylation sites is 1. The molecule has 0 atom stereocenters. The van der Waals surface area contributed by atoms with Crippen molar-refractivity contribution in [2.45, 2.75) is 65.8 Å². The lowest BCUT2D eigenvalue weighted by Gasteiger charge is -2.25. The minimum atomic E-state index is -0.279. The molecule has 31 heavy (non-hydrogen) atoms. The quantitative estimate of drug-likeness (QED) is 0.485. The molecule has 0 unspecified atom stereocenters. The molecular formula is C24H37N3O4. The second-order valence-corrected chi connectivity index (χ2v) is 8.20. The molecule has 0 heterocycles. The third-order valence-corrected chi connectivity index (χ3v) is 5.51. The summed E-state index contributed by atoms with van der Waals surface area (Å²) in [7, 11) is 0. The van der Waals surface area contributed by atoms with Gasteiger partial charge >= 0.3 is 5.97 Å². The van der Waals surface area contributed by atoms with Crippen LogP contribution in [0.5, 0.6) is 0 Å². The highest BCUT2D eigenvalue weighted by Gasteiger charge is 2.31. The Hall–Kier alpha value is -2.41. The summed E-state index contributed by atoms with van der Waals surface area (Å²) in [5.74, 6) is -0.310. The van der Waals surface area contributed by atoms with Crippen LogP contribution in [0.3, 0.4) is 0 Å². The van der Waals surface area contributed by atoms with E-state index in [2.05, 4.69) is 10.2 Å². The molecule has 0 aromatic heterocycles. The number of nitrogens with one attached hydrogen (secondary N) is 1. The average molecular weight is 432 g/mol. The molecule has 1 aliphatic carbocycles. The number of amides is 2. The SMILES string of the molecule is CCCN(CCC(=O)OCC)C(=O)CCN(CC(=O)Nc1c(C)cccc1C)C1CC1. The fraction of sp³-hybridized carbons (Fsp3) is 0.625.